The maximum Gasteiger partial charge on any atom is 0.0994 e. The molecule has 61 valence electrons. The predicted octanol–water partition coefficient (Wildman–Crippen LogP) is 2.82. The second kappa shape index (κ2) is 2.91. The van der Waals surface area contributed by atoms with Gasteiger partial charge in [-0.2, -0.15) is 5.26 Å². The summed E-state index contributed by atoms with van der Waals surface area (Å²) in [5.74, 6) is 0. The molecule has 0 aliphatic heterocycles. The zero-order chi connectivity index (χ0) is 9.26. The average Bonchev–Trinajstić information content (AvgIpc) is 2.17. The average molecular weight is 166 g/mol. The van der Waals surface area contributed by atoms with Gasteiger partial charge in [0.2, 0.25) is 0 Å². The lowest BCUT2D eigenvalue weighted by atomic mass is 10.0. The molecule has 0 atom stereocenters. The van der Waals surface area contributed by atoms with Crippen LogP contribution in [-0.4, -0.2) is 0 Å². The summed E-state index contributed by atoms with van der Waals surface area (Å²) in [6, 6.07) is 15.2. The molecule has 2 rings (SSSR count). The minimum absolute atomic E-state index is 0.707. The number of nitriles is 1. The van der Waals surface area contributed by atoms with Crippen LogP contribution in [-0.2, 0) is 0 Å². The number of nitrogens with zero attached hydrogens (tertiary/aromatic N) is 1. The summed E-state index contributed by atoms with van der Waals surface area (Å²) in [6.07, 6.45) is 0. The Hall–Kier alpha value is -1.81. The fraction of sp³-hybridized carbons (Fsp3) is 0.0833. The number of hydrogen-bond acceptors (Lipinski definition) is 1. The van der Waals surface area contributed by atoms with Crippen LogP contribution in [0.1, 0.15) is 11.1 Å². The van der Waals surface area contributed by atoms with Gasteiger partial charge in [-0.25, -0.2) is 0 Å². The van der Waals surface area contributed by atoms with Gasteiger partial charge < -0.3 is 0 Å². The standard InChI is InChI=1S/C12H8N/c1-9-6-10-4-2-3-5-11(10)7-12(9)8-13/h2-5,7H,1H3. The molecule has 1 nitrogen and oxygen atoms in total. The van der Waals surface area contributed by atoms with Crippen molar-refractivity contribution in [2.75, 3.05) is 0 Å². The monoisotopic (exact) mass is 166 g/mol. The minimum Gasteiger partial charge on any atom is -0.192 e. The normalized spacial score (nSPS) is 9.85. The SMILES string of the molecule is Cc1[c]c2ccccc2cc1C#N. The lowest BCUT2D eigenvalue weighted by molar-refractivity contribution is 1.41. The molecule has 0 aliphatic carbocycles. The van der Waals surface area contributed by atoms with E-state index in [1.165, 1.54) is 0 Å². The van der Waals surface area contributed by atoms with Crippen molar-refractivity contribution in [1.29, 1.82) is 5.26 Å². The first-order valence-corrected chi connectivity index (χ1v) is 4.13. The van der Waals surface area contributed by atoms with Gasteiger partial charge in [-0.3, -0.25) is 0 Å². The van der Waals surface area contributed by atoms with Crippen LogP contribution in [0, 0.1) is 24.3 Å². The van der Waals surface area contributed by atoms with Crippen molar-refractivity contribution in [1.82, 2.24) is 0 Å². The fourth-order valence-corrected chi connectivity index (χ4v) is 1.39. The third-order valence-corrected chi connectivity index (χ3v) is 2.11. The Bertz CT molecular complexity index is 492. The summed E-state index contributed by atoms with van der Waals surface area (Å²) in [5.41, 5.74) is 1.62. The molecule has 0 bridgehead atoms. The van der Waals surface area contributed by atoms with E-state index in [0.29, 0.717) is 5.56 Å². The van der Waals surface area contributed by atoms with Crippen molar-refractivity contribution in [3.8, 4) is 6.07 Å². The molecule has 0 heterocycles. The van der Waals surface area contributed by atoms with E-state index in [0.717, 1.165) is 16.3 Å². The van der Waals surface area contributed by atoms with Crippen LogP contribution >= 0.6 is 0 Å². The Kier molecular flexibility index (Phi) is 1.75. The number of rotatable bonds is 0. The second-order valence-electron chi connectivity index (χ2n) is 3.01. The maximum atomic E-state index is 8.81. The topological polar surface area (TPSA) is 23.8 Å². The van der Waals surface area contributed by atoms with Gasteiger partial charge in [-0.05, 0) is 35.4 Å². The van der Waals surface area contributed by atoms with Gasteiger partial charge >= 0.3 is 0 Å². The van der Waals surface area contributed by atoms with Crippen LogP contribution in [0.3, 0.4) is 0 Å². The molecule has 0 unspecified atom stereocenters. The maximum absolute atomic E-state index is 8.81. The van der Waals surface area contributed by atoms with E-state index in [1.54, 1.807) is 0 Å². The molecule has 0 N–H and O–H groups in total. The summed E-state index contributed by atoms with van der Waals surface area (Å²) in [6.45, 7) is 1.91. The molecule has 0 saturated heterocycles. The van der Waals surface area contributed by atoms with E-state index in [2.05, 4.69) is 12.1 Å². The molecule has 0 aromatic heterocycles. The van der Waals surface area contributed by atoms with Crippen molar-refractivity contribution in [2.45, 2.75) is 6.92 Å². The summed E-state index contributed by atoms with van der Waals surface area (Å²) < 4.78 is 0. The van der Waals surface area contributed by atoms with Gasteiger partial charge in [-0.1, -0.05) is 24.3 Å². The molecule has 0 saturated carbocycles. The Morgan fingerprint density at radius 3 is 2.85 bits per heavy atom. The van der Waals surface area contributed by atoms with Gasteiger partial charge in [0.25, 0.3) is 0 Å². The van der Waals surface area contributed by atoms with Gasteiger partial charge in [0.1, 0.15) is 0 Å². The van der Waals surface area contributed by atoms with Gasteiger partial charge in [-0.15, -0.1) is 0 Å². The van der Waals surface area contributed by atoms with E-state index in [9.17, 15) is 0 Å². The molecular formula is C12H8N. The van der Waals surface area contributed by atoms with Crippen molar-refractivity contribution in [2.24, 2.45) is 0 Å². The zero-order valence-corrected chi connectivity index (χ0v) is 7.33. The highest BCUT2D eigenvalue weighted by Gasteiger charge is 1.99. The van der Waals surface area contributed by atoms with E-state index < -0.39 is 0 Å². The molecular weight excluding hydrogens is 158 g/mol. The lowest BCUT2D eigenvalue weighted by Gasteiger charge is -2.00. The first-order valence-electron chi connectivity index (χ1n) is 4.13. The van der Waals surface area contributed by atoms with E-state index in [-0.39, 0.29) is 0 Å². The summed E-state index contributed by atoms with van der Waals surface area (Å²) in [4.78, 5) is 0. The summed E-state index contributed by atoms with van der Waals surface area (Å²) in [7, 11) is 0. The molecule has 1 radical (unpaired) electrons. The predicted molar refractivity (Wildman–Crippen MR) is 52.2 cm³/mol. The van der Waals surface area contributed by atoms with Crippen molar-refractivity contribution in [3.63, 3.8) is 0 Å². The van der Waals surface area contributed by atoms with Crippen LogP contribution in [0.15, 0.2) is 30.3 Å². The number of fused-ring (bicyclic) bond motifs is 1. The fourth-order valence-electron chi connectivity index (χ4n) is 1.39. The van der Waals surface area contributed by atoms with Crippen molar-refractivity contribution < 1.29 is 0 Å². The molecule has 0 aliphatic rings. The summed E-state index contributed by atoms with van der Waals surface area (Å²) in [5, 5.41) is 11.0. The number of aryl methyl sites for hydroxylation is 1. The molecule has 0 fully saturated rings. The van der Waals surface area contributed by atoms with Crippen molar-refractivity contribution in [3.05, 3.63) is 47.5 Å². The third kappa shape index (κ3) is 1.27. The molecule has 0 spiro atoms. The van der Waals surface area contributed by atoms with Crippen LogP contribution < -0.4 is 0 Å². The Labute approximate surface area is 77.2 Å². The van der Waals surface area contributed by atoms with Crippen LogP contribution in [0.4, 0.5) is 0 Å². The quantitative estimate of drug-likeness (QED) is 0.590. The number of hydrogen-bond donors (Lipinski definition) is 0. The van der Waals surface area contributed by atoms with Gasteiger partial charge in [0.15, 0.2) is 0 Å². The van der Waals surface area contributed by atoms with Crippen molar-refractivity contribution >= 4 is 10.8 Å². The highest BCUT2D eigenvalue weighted by atomic mass is 14.2. The Morgan fingerprint density at radius 1 is 1.31 bits per heavy atom. The largest absolute Gasteiger partial charge is 0.192 e. The minimum atomic E-state index is 0.707. The third-order valence-electron chi connectivity index (χ3n) is 2.11. The molecule has 0 amide bonds. The Balaban J connectivity index is 2.83. The van der Waals surface area contributed by atoms with Crippen LogP contribution in [0.25, 0.3) is 10.8 Å². The Morgan fingerprint density at radius 2 is 2.08 bits per heavy atom. The zero-order valence-electron chi connectivity index (χ0n) is 7.33. The smallest absolute Gasteiger partial charge is 0.0994 e. The highest BCUT2D eigenvalue weighted by molar-refractivity contribution is 5.84. The second-order valence-corrected chi connectivity index (χ2v) is 3.01. The number of benzene rings is 2. The van der Waals surface area contributed by atoms with E-state index in [4.69, 9.17) is 5.26 Å². The molecule has 13 heavy (non-hydrogen) atoms. The first kappa shape index (κ1) is 7.82. The lowest BCUT2D eigenvalue weighted by Crippen LogP contribution is -1.83. The molecule has 2 aromatic rings. The van der Waals surface area contributed by atoms with E-state index in [1.807, 2.05) is 37.3 Å². The summed E-state index contributed by atoms with van der Waals surface area (Å²) >= 11 is 0. The highest BCUT2D eigenvalue weighted by Crippen LogP contribution is 2.17. The van der Waals surface area contributed by atoms with Crippen LogP contribution in [0.5, 0.6) is 0 Å². The molecule has 2 aromatic carbocycles. The van der Waals surface area contributed by atoms with Gasteiger partial charge in [0, 0.05) is 0 Å². The van der Waals surface area contributed by atoms with Gasteiger partial charge in [0.05, 0.1) is 11.6 Å². The van der Waals surface area contributed by atoms with Crippen LogP contribution in [0.2, 0.25) is 0 Å². The van der Waals surface area contributed by atoms with E-state index >= 15 is 0 Å². The first-order chi connectivity index (χ1) is 6.31. The molecule has 1 heteroatoms.